The monoisotopic (exact) mass is 398 g/mol. The number of ketones is 1. The summed E-state index contributed by atoms with van der Waals surface area (Å²) in [6.07, 6.45) is 0. The van der Waals surface area contributed by atoms with E-state index in [0.29, 0.717) is 23.4 Å². The predicted molar refractivity (Wildman–Crippen MR) is 117 cm³/mol. The fourth-order valence-electron chi connectivity index (χ4n) is 3.50. The maximum Gasteiger partial charge on any atom is 0.255 e. The predicted octanol–water partition coefficient (Wildman–Crippen LogP) is 4.67. The highest BCUT2D eigenvalue weighted by Crippen LogP contribution is 2.23. The Morgan fingerprint density at radius 1 is 0.900 bits per heavy atom. The van der Waals surface area contributed by atoms with Crippen molar-refractivity contribution in [2.24, 2.45) is 0 Å². The molecule has 0 radical (unpaired) electrons. The largest absolute Gasteiger partial charge is 0.485 e. The number of Topliss-reactive ketones (excluding diaryl/α,β-unsaturated/α-hetero) is 1. The van der Waals surface area contributed by atoms with Crippen LogP contribution in [0.15, 0.2) is 78.9 Å². The molecule has 1 heterocycles. The molecule has 4 rings (SSSR count). The van der Waals surface area contributed by atoms with Gasteiger partial charge >= 0.3 is 0 Å². The second kappa shape index (κ2) is 8.66. The van der Waals surface area contributed by atoms with E-state index in [1.165, 1.54) is 0 Å². The number of carbonyl (C=O) groups excluding carboxylic acids is 2. The molecule has 0 aliphatic heterocycles. The summed E-state index contributed by atoms with van der Waals surface area (Å²) in [5.74, 6) is 0.00327. The summed E-state index contributed by atoms with van der Waals surface area (Å²) in [6.45, 7) is 2.14. The molecule has 30 heavy (non-hydrogen) atoms. The molecule has 5 heteroatoms. The summed E-state index contributed by atoms with van der Waals surface area (Å²) >= 11 is 0. The number of fused-ring (bicyclic) bond motifs is 1. The lowest BCUT2D eigenvalue weighted by Gasteiger charge is -2.11. The van der Waals surface area contributed by atoms with E-state index in [4.69, 9.17) is 4.74 Å². The van der Waals surface area contributed by atoms with Crippen molar-refractivity contribution < 1.29 is 14.3 Å². The van der Waals surface area contributed by atoms with Gasteiger partial charge in [-0.15, -0.1) is 0 Å². The number of nitrogens with one attached hydrogen (secondary N) is 2. The molecule has 5 nitrogen and oxygen atoms in total. The molecule has 0 aliphatic carbocycles. The molecule has 4 aromatic rings. The van der Waals surface area contributed by atoms with E-state index in [-0.39, 0.29) is 18.3 Å². The van der Waals surface area contributed by atoms with Crippen LogP contribution in [-0.2, 0) is 6.54 Å². The van der Waals surface area contributed by atoms with E-state index >= 15 is 0 Å². The third kappa shape index (κ3) is 4.10. The van der Waals surface area contributed by atoms with Crippen molar-refractivity contribution >= 4 is 22.6 Å². The summed E-state index contributed by atoms with van der Waals surface area (Å²) in [7, 11) is 0. The smallest absolute Gasteiger partial charge is 0.255 e. The molecule has 0 saturated carbocycles. The number of H-pyrrole nitrogens is 1. The second-order valence-electron chi connectivity index (χ2n) is 7.05. The first-order valence-corrected chi connectivity index (χ1v) is 9.78. The van der Waals surface area contributed by atoms with E-state index < -0.39 is 0 Å². The van der Waals surface area contributed by atoms with E-state index in [9.17, 15) is 9.59 Å². The number of para-hydroxylation sites is 2. The minimum absolute atomic E-state index is 0.135. The normalized spacial score (nSPS) is 10.7. The summed E-state index contributed by atoms with van der Waals surface area (Å²) in [6, 6.07) is 24.3. The van der Waals surface area contributed by atoms with Crippen LogP contribution in [0.4, 0.5) is 0 Å². The average molecular weight is 398 g/mol. The van der Waals surface area contributed by atoms with Crippen LogP contribution in [0.25, 0.3) is 10.9 Å². The number of amides is 1. The van der Waals surface area contributed by atoms with Crippen LogP contribution in [0.2, 0.25) is 0 Å². The number of hydrogen-bond acceptors (Lipinski definition) is 3. The zero-order valence-electron chi connectivity index (χ0n) is 16.6. The highest BCUT2D eigenvalue weighted by atomic mass is 16.5. The van der Waals surface area contributed by atoms with Crippen LogP contribution in [-0.4, -0.2) is 23.3 Å². The van der Waals surface area contributed by atoms with Gasteiger partial charge in [-0.1, -0.05) is 60.7 Å². The maximum atomic E-state index is 12.9. The lowest BCUT2D eigenvalue weighted by atomic mass is 10.1. The average Bonchev–Trinajstić information content (AvgIpc) is 3.12. The van der Waals surface area contributed by atoms with Gasteiger partial charge in [-0.3, -0.25) is 9.59 Å². The molecule has 0 saturated heterocycles. The van der Waals surface area contributed by atoms with E-state index in [1.54, 1.807) is 24.3 Å². The van der Waals surface area contributed by atoms with Gasteiger partial charge in [0.15, 0.2) is 6.61 Å². The standard InChI is InChI=1S/C25H22N2O3/c1-17-24(19-11-5-7-13-21(19)27-17)22(28)16-30-23-14-8-6-12-20(23)25(29)26-15-18-9-3-2-4-10-18/h2-14,27H,15-16H2,1H3,(H,26,29). The van der Waals surface area contributed by atoms with Crippen LogP contribution < -0.4 is 10.1 Å². The first-order chi connectivity index (χ1) is 14.6. The van der Waals surface area contributed by atoms with Gasteiger partial charge in [-0.05, 0) is 30.7 Å². The Hall–Kier alpha value is -3.86. The number of aryl methyl sites for hydroxylation is 1. The number of aromatic nitrogens is 1. The minimum Gasteiger partial charge on any atom is -0.485 e. The van der Waals surface area contributed by atoms with E-state index in [0.717, 1.165) is 22.2 Å². The molecule has 150 valence electrons. The van der Waals surface area contributed by atoms with Gasteiger partial charge in [0.1, 0.15) is 5.75 Å². The highest BCUT2D eigenvalue weighted by molar-refractivity contribution is 6.10. The quantitative estimate of drug-likeness (QED) is 0.445. The number of rotatable bonds is 7. The van der Waals surface area contributed by atoms with Gasteiger partial charge in [0.25, 0.3) is 5.91 Å². The molecule has 2 N–H and O–H groups in total. The molecule has 0 atom stereocenters. The van der Waals surface area contributed by atoms with Gasteiger partial charge in [-0.2, -0.15) is 0 Å². The molecule has 0 aliphatic rings. The zero-order chi connectivity index (χ0) is 20.9. The topological polar surface area (TPSA) is 71.2 Å². The summed E-state index contributed by atoms with van der Waals surface area (Å²) in [4.78, 5) is 28.7. The number of carbonyl (C=O) groups is 2. The van der Waals surface area contributed by atoms with Crippen molar-refractivity contribution in [2.45, 2.75) is 13.5 Å². The summed E-state index contributed by atoms with van der Waals surface area (Å²) in [5.41, 5.74) is 3.75. The molecule has 1 amide bonds. The fourth-order valence-corrected chi connectivity index (χ4v) is 3.50. The van der Waals surface area contributed by atoms with Crippen molar-refractivity contribution in [3.05, 3.63) is 101 Å². The Labute approximate surface area is 174 Å². The van der Waals surface area contributed by atoms with Gasteiger partial charge in [-0.25, -0.2) is 0 Å². The first-order valence-electron chi connectivity index (χ1n) is 9.78. The lowest BCUT2D eigenvalue weighted by molar-refractivity contribution is 0.0904. The number of benzene rings is 3. The molecule has 0 fully saturated rings. The Morgan fingerprint density at radius 2 is 1.60 bits per heavy atom. The molecule has 0 bridgehead atoms. The third-order valence-corrected chi connectivity index (χ3v) is 4.96. The molecular formula is C25H22N2O3. The van der Waals surface area contributed by atoms with Crippen molar-refractivity contribution in [2.75, 3.05) is 6.61 Å². The Bertz CT molecular complexity index is 1200. The van der Waals surface area contributed by atoms with Crippen molar-refractivity contribution in [1.29, 1.82) is 0 Å². The zero-order valence-corrected chi connectivity index (χ0v) is 16.6. The van der Waals surface area contributed by atoms with Gasteiger partial charge < -0.3 is 15.0 Å². The summed E-state index contributed by atoms with van der Waals surface area (Å²) in [5, 5.41) is 3.77. The van der Waals surface area contributed by atoms with Crippen LogP contribution in [0, 0.1) is 6.92 Å². The second-order valence-corrected chi connectivity index (χ2v) is 7.05. The highest BCUT2D eigenvalue weighted by Gasteiger charge is 2.18. The van der Waals surface area contributed by atoms with Gasteiger partial charge in [0.05, 0.1) is 5.56 Å². The third-order valence-electron chi connectivity index (χ3n) is 4.96. The van der Waals surface area contributed by atoms with Crippen LogP contribution in [0.1, 0.15) is 32.0 Å². The van der Waals surface area contributed by atoms with Crippen molar-refractivity contribution in [3.63, 3.8) is 0 Å². The fraction of sp³-hybridized carbons (Fsp3) is 0.120. The lowest BCUT2D eigenvalue weighted by Crippen LogP contribution is -2.24. The Kier molecular flexibility index (Phi) is 5.61. The SMILES string of the molecule is Cc1[nH]c2ccccc2c1C(=O)COc1ccccc1C(=O)NCc1ccccc1. The number of aromatic amines is 1. The Balaban J connectivity index is 1.47. The van der Waals surface area contributed by atoms with Crippen molar-refractivity contribution in [3.8, 4) is 5.75 Å². The molecule has 0 spiro atoms. The Morgan fingerprint density at radius 3 is 2.43 bits per heavy atom. The van der Waals surface area contributed by atoms with Gasteiger partial charge in [0, 0.05) is 28.7 Å². The summed E-state index contributed by atoms with van der Waals surface area (Å²) < 4.78 is 5.78. The first kappa shape index (κ1) is 19.5. The van der Waals surface area contributed by atoms with Gasteiger partial charge in [0.2, 0.25) is 5.78 Å². The molecular weight excluding hydrogens is 376 g/mol. The number of ether oxygens (including phenoxy) is 1. The number of hydrogen-bond donors (Lipinski definition) is 2. The molecule has 3 aromatic carbocycles. The van der Waals surface area contributed by atoms with Crippen LogP contribution >= 0.6 is 0 Å². The molecule has 0 unspecified atom stereocenters. The molecule has 1 aromatic heterocycles. The van der Waals surface area contributed by atoms with E-state index in [1.807, 2.05) is 61.5 Å². The van der Waals surface area contributed by atoms with Crippen LogP contribution in [0.5, 0.6) is 5.75 Å². The van der Waals surface area contributed by atoms with E-state index in [2.05, 4.69) is 10.3 Å². The van der Waals surface area contributed by atoms with Crippen LogP contribution in [0.3, 0.4) is 0 Å². The van der Waals surface area contributed by atoms with Crippen molar-refractivity contribution in [1.82, 2.24) is 10.3 Å². The minimum atomic E-state index is -0.245. The maximum absolute atomic E-state index is 12.9.